The summed E-state index contributed by atoms with van der Waals surface area (Å²) in [6.07, 6.45) is 2.55. The highest BCUT2D eigenvalue weighted by Gasteiger charge is 2.58. The lowest BCUT2D eigenvalue weighted by molar-refractivity contribution is -0.384. The summed E-state index contributed by atoms with van der Waals surface area (Å²) in [6, 6.07) is 10.5. The molecule has 2 aliphatic rings. The number of carbonyl (C=O) groups is 1. The Labute approximate surface area is 179 Å². The topological polar surface area (TPSA) is 84.3 Å². The normalized spacial score (nSPS) is 25.3. The van der Waals surface area contributed by atoms with E-state index in [1.54, 1.807) is 24.3 Å². The third kappa shape index (κ3) is 4.12. The van der Waals surface area contributed by atoms with Crippen molar-refractivity contribution in [1.29, 1.82) is 0 Å². The van der Waals surface area contributed by atoms with Crippen molar-refractivity contribution in [3.8, 4) is 0 Å². The second-order valence-electron chi connectivity index (χ2n) is 8.13. The summed E-state index contributed by atoms with van der Waals surface area (Å²) in [5, 5.41) is 18.1. The van der Waals surface area contributed by atoms with Crippen molar-refractivity contribution in [3.63, 3.8) is 0 Å². The Morgan fingerprint density at radius 2 is 1.90 bits per heavy atom. The molecular weight excluding hydrogens is 409 g/mol. The molecule has 2 saturated carbocycles. The molecule has 0 spiro atoms. The van der Waals surface area contributed by atoms with E-state index < -0.39 is 10.7 Å². The Bertz CT molecular complexity index is 957. The van der Waals surface area contributed by atoms with Crippen LogP contribution >= 0.6 is 11.6 Å². The number of hydrogen-bond acceptors (Lipinski definition) is 4. The van der Waals surface area contributed by atoms with Gasteiger partial charge in [-0.3, -0.25) is 14.9 Å². The fraction of sp³-hybridized carbons (Fsp3) is 0.409. The zero-order chi connectivity index (χ0) is 21.4. The summed E-state index contributed by atoms with van der Waals surface area (Å²) < 4.78 is 13.6. The minimum Gasteiger partial charge on any atom is -0.377 e. The van der Waals surface area contributed by atoms with Crippen LogP contribution in [0.15, 0.2) is 42.5 Å². The molecule has 0 radical (unpaired) electrons. The first-order valence-corrected chi connectivity index (χ1v) is 10.5. The van der Waals surface area contributed by atoms with Crippen molar-refractivity contribution >= 4 is 28.9 Å². The van der Waals surface area contributed by atoms with Gasteiger partial charge in [-0.1, -0.05) is 18.5 Å². The van der Waals surface area contributed by atoms with Crippen molar-refractivity contribution in [2.75, 3.05) is 5.32 Å². The summed E-state index contributed by atoms with van der Waals surface area (Å²) in [7, 11) is 0. The van der Waals surface area contributed by atoms with Gasteiger partial charge in [0, 0.05) is 34.8 Å². The molecule has 8 heteroatoms. The van der Waals surface area contributed by atoms with E-state index in [0.29, 0.717) is 28.3 Å². The van der Waals surface area contributed by atoms with E-state index in [0.717, 1.165) is 25.3 Å². The molecular formula is C22H23ClFN3O3. The van der Waals surface area contributed by atoms with Crippen molar-refractivity contribution in [3.05, 3.63) is 69.0 Å². The maximum absolute atomic E-state index is 13.6. The summed E-state index contributed by atoms with van der Waals surface area (Å²) in [5.41, 5.74) is 0.697. The van der Waals surface area contributed by atoms with E-state index in [1.165, 1.54) is 12.1 Å². The van der Waals surface area contributed by atoms with Crippen LogP contribution in [-0.2, 0) is 0 Å². The molecule has 1 unspecified atom stereocenters. The van der Waals surface area contributed by atoms with E-state index >= 15 is 0 Å². The Hall–Kier alpha value is -2.67. The lowest BCUT2D eigenvalue weighted by Crippen LogP contribution is -2.38. The molecule has 0 aromatic heterocycles. The molecule has 4 rings (SSSR count). The number of rotatable bonds is 7. The van der Waals surface area contributed by atoms with Gasteiger partial charge in [-0.15, -0.1) is 0 Å². The minimum absolute atomic E-state index is 0.0706. The minimum atomic E-state index is -0.500. The molecule has 30 heavy (non-hydrogen) atoms. The number of anilines is 1. The van der Waals surface area contributed by atoms with Gasteiger partial charge >= 0.3 is 0 Å². The Kier molecular flexibility index (Phi) is 5.64. The average molecular weight is 432 g/mol. The van der Waals surface area contributed by atoms with Crippen LogP contribution in [-0.4, -0.2) is 22.9 Å². The van der Waals surface area contributed by atoms with Crippen LogP contribution in [0, 0.1) is 33.7 Å². The smallest absolute Gasteiger partial charge is 0.292 e. The summed E-state index contributed by atoms with van der Waals surface area (Å²) >= 11 is 5.89. The van der Waals surface area contributed by atoms with Crippen LogP contribution in [0.3, 0.4) is 0 Å². The standard InChI is InChI=1S/C22H23ClFN3O3/c1-2-18(26-22(28)12-3-5-13(23)6-4-12)21-16-10-15(11-17(16)21)25-19-9-14(24)7-8-20(19)27(29)30/h3-9,15-18,21,25H,2,10-11H2,1H3,(H,26,28)/t15-,16-,17+,18?,21+. The van der Waals surface area contributed by atoms with E-state index in [4.69, 9.17) is 11.6 Å². The lowest BCUT2D eigenvalue weighted by Gasteiger charge is -2.22. The summed E-state index contributed by atoms with van der Waals surface area (Å²) in [6.45, 7) is 2.06. The van der Waals surface area contributed by atoms with Crippen molar-refractivity contribution in [1.82, 2.24) is 5.32 Å². The van der Waals surface area contributed by atoms with Crippen molar-refractivity contribution in [2.24, 2.45) is 17.8 Å². The van der Waals surface area contributed by atoms with Gasteiger partial charge in [-0.2, -0.15) is 0 Å². The number of benzene rings is 2. The largest absolute Gasteiger partial charge is 0.377 e. The number of carbonyl (C=O) groups excluding carboxylic acids is 1. The molecule has 158 valence electrons. The molecule has 2 fully saturated rings. The van der Waals surface area contributed by atoms with Gasteiger partial charge in [-0.25, -0.2) is 4.39 Å². The number of hydrogen-bond donors (Lipinski definition) is 2. The predicted octanol–water partition coefficient (Wildman–Crippen LogP) is 5.03. The van der Waals surface area contributed by atoms with Gasteiger partial charge in [0.15, 0.2) is 0 Å². The first-order chi connectivity index (χ1) is 14.4. The molecule has 2 aromatic rings. The zero-order valence-electron chi connectivity index (χ0n) is 16.5. The first-order valence-electron chi connectivity index (χ1n) is 10.1. The number of nitro groups is 1. The SMILES string of the molecule is CCC(NC(=O)c1ccc(Cl)cc1)[C@H]1[C@@H]2C[C@@H](Nc3cc(F)ccc3[N+](=O)[O-])C[C@@H]21. The van der Waals surface area contributed by atoms with Crippen molar-refractivity contribution in [2.45, 2.75) is 38.3 Å². The number of nitrogens with zero attached hydrogens (tertiary/aromatic N) is 1. The van der Waals surface area contributed by atoms with Gasteiger partial charge in [0.25, 0.3) is 11.6 Å². The quantitative estimate of drug-likeness (QED) is 0.475. The fourth-order valence-electron chi connectivity index (χ4n) is 4.93. The molecule has 6 nitrogen and oxygen atoms in total. The Morgan fingerprint density at radius 3 is 2.50 bits per heavy atom. The summed E-state index contributed by atoms with van der Waals surface area (Å²) in [4.78, 5) is 23.2. The molecule has 5 atom stereocenters. The highest BCUT2D eigenvalue weighted by Crippen LogP contribution is 2.60. The highest BCUT2D eigenvalue weighted by molar-refractivity contribution is 6.30. The number of fused-ring (bicyclic) bond motifs is 1. The van der Waals surface area contributed by atoms with Gasteiger partial charge in [0.2, 0.25) is 0 Å². The summed E-state index contributed by atoms with van der Waals surface area (Å²) in [5.74, 6) is 0.733. The maximum atomic E-state index is 13.6. The highest BCUT2D eigenvalue weighted by atomic mass is 35.5. The molecule has 0 saturated heterocycles. The van der Waals surface area contributed by atoms with Crippen LogP contribution < -0.4 is 10.6 Å². The lowest BCUT2D eigenvalue weighted by atomic mass is 9.98. The van der Waals surface area contributed by atoms with E-state index in [1.807, 2.05) is 0 Å². The number of nitrogens with one attached hydrogen (secondary N) is 2. The van der Waals surface area contributed by atoms with Gasteiger partial charge in [-0.05, 0) is 67.3 Å². The molecule has 2 aliphatic carbocycles. The van der Waals surface area contributed by atoms with Gasteiger partial charge in [0.05, 0.1) is 4.92 Å². The van der Waals surface area contributed by atoms with Gasteiger partial charge < -0.3 is 10.6 Å². The Morgan fingerprint density at radius 1 is 1.23 bits per heavy atom. The van der Waals surface area contributed by atoms with Crippen LogP contribution in [0.4, 0.5) is 15.8 Å². The second-order valence-corrected chi connectivity index (χ2v) is 8.57. The third-order valence-corrected chi connectivity index (χ3v) is 6.61. The second kappa shape index (κ2) is 8.22. The number of nitro benzene ring substituents is 1. The zero-order valence-corrected chi connectivity index (χ0v) is 17.2. The van der Waals surface area contributed by atoms with Gasteiger partial charge in [0.1, 0.15) is 11.5 Å². The van der Waals surface area contributed by atoms with Crippen LogP contribution in [0.2, 0.25) is 5.02 Å². The monoisotopic (exact) mass is 431 g/mol. The number of halogens is 2. The molecule has 0 bridgehead atoms. The molecule has 0 heterocycles. The maximum Gasteiger partial charge on any atom is 0.292 e. The van der Waals surface area contributed by atoms with Crippen LogP contribution in [0.25, 0.3) is 0 Å². The Balaban J connectivity index is 1.35. The predicted molar refractivity (Wildman–Crippen MR) is 113 cm³/mol. The molecule has 1 amide bonds. The molecule has 2 aromatic carbocycles. The van der Waals surface area contributed by atoms with Crippen molar-refractivity contribution < 1.29 is 14.1 Å². The van der Waals surface area contributed by atoms with Crippen LogP contribution in [0.5, 0.6) is 0 Å². The average Bonchev–Trinajstić information content (AvgIpc) is 3.20. The van der Waals surface area contributed by atoms with E-state index in [-0.39, 0.29) is 29.4 Å². The van der Waals surface area contributed by atoms with E-state index in [2.05, 4.69) is 17.6 Å². The van der Waals surface area contributed by atoms with Crippen LogP contribution in [0.1, 0.15) is 36.5 Å². The van der Waals surface area contributed by atoms with E-state index in [9.17, 15) is 19.3 Å². The molecule has 0 aliphatic heterocycles. The first kappa shape index (κ1) is 20.6. The number of amides is 1. The fourth-order valence-corrected chi connectivity index (χ4v) is 5.06. The third-order valence-electron chi connectivity index (χ3n) is 6.35. The molecule has 2 N–H and O–H groups in total.